The molecule has 1 fully saturated rings. The van der Waals surface area contributed by atoms with Crippen molar-refractivity contribution in [1.29, 1.82) is 0 Å². The number of piperidine rings is 1. The van der Waals surface area contributed by atoms with Crippen LogP contribution in [-0.4, -0.2) is 50.7 Å². The number of carbonyl (C=O) groups excluding carboxylic acids is 1. The van der Waals surface area contributed by atoms with Crippen molar-refractivity contribution in [3.05, 3.63) is 62.1 Å². The number of nitro groups is 1. The zero-order valence-electron chi connectivity index (χ0n) is 19.3. The molecule has 1 amide bonds. The number of benzene rings is 1. The van der Waals surface area contributed by atoms with Crippen LogP contribution >= 0.6 is 0 Å². The summed E-state index contributed by atoms with van der Waals surface area (Å²) in [6.07, 6.45) is 1.19. The highest BCUT2D eigenvalue weighted by molar-refractivity contribution is 5.92. The fourth-order valence-corrected chi connectivity index (χ4v) is 4.40. The van der Waals surface area contributed by atoms with Gasteiger partial charge in [0.2, 0.25) is 5.43 Å². The molecule has 1 aliphatic rings. The van der Waals surface area contributed by atoms with E-state index in [1.807, 2.05) is 0 Å². The molecule has 172 valence electrons. The van der Waals surface area contributed by atoms with Crippen LogP contribution in [-0.2, 0) is 0 Å². The Morgan fingerprint density at radius 3 is 2.50 bits per heavy atom. The summed E-state index contributed by atoms with van der Waals surface area (Å²) in [7, 11) is 0. The predicted octanol–water partition coefficient (Wildman–Crippen LogP) is 2.94. The zero-order valence-corrected chi connectivity index (χ0v) is 19.3. The number of para-hydroxylation sites is 2. The quantitative estimate of drug-likeness (QED) is 0.545. The normalized spacial score (nSPS) is 19.5. The average molecular weight is 442 g/mol. The molecule has 9 nitrogen and oxygen atoms in total. The van der Waals surface area contributed by atoms with Crippen molar-refractivity contribution in [3.8, 4) is 5.69 Å². The molecule has 0 aliphatic carbocycles. The number of nitrogens with one attached hydrogen (secondary N) is 1. The van der Waals surface area contributed by atoms with Gasteiger partial charge < -0.3 is 5.32 Å². The molecule has 2 unspecified atom stereocenters. The highest BCUT2D eigenvalue weighted by atomic mass is 16.6. The first kappa shape index (κ1) is 23.6. The summed E-state index contributed by atoms with van der Waals surface area (Å²) in [5.74, 6) is 0.580. The molecule has 9 heteroatoms. The molecular weight excluding hydrogens is 410 g/mol. The van der Waals surface area contributed by atoms with Crippen LogP contribution in [0.3, 0.4) is 0 Å². The Balaban J connectivity index is 1.84. The van der Waals surface area contributed by atoms with Crippen molar-refractivity contribution in [2.75, 3.05) is 19.6 Å². The van der Waals surface area contributed by atoms with Gasteiger partial charge in [-0.25, -0.2) is 4.68 Å². The minimum absolute atomic E-state index is 0.160. The monoisotopic (exact) mass is 441 g/mol. The smallest absolute Gasteiger partial charge is 0.294 e. The van der Waals surface area contributed by atoms with Gasteiger partial charge >= 0.3 is 0 Å². The molecule has 1 aromatic heterocycles. The molecule has 2 heterocycles. The summed E-state index contributed by atoms with van der Waals surface area (Å²) in [4.78, 5) is 38.7. The average Bonchev–Trinajstić information content (AvgIpc) is 2.71. The van der Waals surface area contributed by atoms with Gasteiger partial charge in [0.15, 0.2) is 5.69 Å². The Morgan fingerprint density at radius 1 is 1.25 bits per heavy atom. The summed E-state index contributed by atoms with van der Waals surface area (Å²) >= 11 is 0. The molecule has 1 aromatic carbocycles. The van der Waals surface area contributed by atoms with E-state index in [1.165, 1.54) is 29.3 Å². The first-order valence-corrected chi connectivity index (χ1v) is 10.9. The standard InChI is InChI=1S/C23H31N5O4/c1-15-10-16(2)13-26(12-15)23(4,5)14-24-22(30)21-20(29)11-17(3)27(25-21)18-8-6-7-9-19(18)28(31)32/h6-9,11,15-16H,10,12-14H2,1-5H3,(H,24,30). The number of nitrogens with zero attached hydrogens (tertiary/aromatic N) is 4. The molecule has 0 spiro atoms. The molecule has 1 N–H and O–H groups in total. The van der Waals surface area contributed by atoms with E-state index in [4.69, 9.17) is 0 Å². The first-order valence-electron chi connectivity index (χ1n) is 10.9. The number of aromatic nitrogens is 2. The van der Waals surface area contributed by atoms with Gasteiger partial charge in [-0.1, -0.05) is 26.0 Å². The first-order chi connectivity index (χ1) is 15.0. The minimum atomic E-state index is -0.589. The van der Waals surface area contributed by atoms with Crippen LogP contribution in [0.15, 0.2) is 35.1 Å². The second-order valence-electron chi connectivity index (χ2n) is 9.50. The van der Waals surface area contributed by atoms with Crippen LogP contribution in [0.4, 0.5) is 5.69 Å². The zero-order chi connectivity index (χ0) is 23.6. The molecule has 0 saturated carbocycles. The van der Waals surface area contributed by atoms with Gasteiger partial charge in [-0.15, -0.1) is 0 Å². The summed E-state index contributed by atoms with van der Waals surface area (Å²) < 4.78 is 1.27. The fourth-order valence-electron chi connectivity index (χ4n) is 4.40. The van der Waals surface area contributed by atoms with Crippen LogP contribution in [0.5, 0.6) is 0 Å². The SMILES string of the molecule is Cc1cc(=O)c(C(=O)NCC(C)(C)N2CC(C)CC(C)C2)nn1-c1ccccc1[N+](=O)[O-]. The number of hydrogen-bond donors (Lipinski definition) is 1. The molecule has 2 atom stereocenters. The number of carbonyl (C=O) groups is 1. The summed E-state index contributed by atoms with van der Waals surface area (Å²) in [5.41, 5.74) is -0.663. The lowest BCUT2D eigenvalue weighted by Gasteiger charge is -2.45. The number of likely N-dealkylation sites (tertiary alicyclic amines) is 1. The molecule has 0 bridgehead atoms. The van der Waals surface area contributed by atoms with Crippen molar-refractivity contribution in [2.24, 2.45) is 11.8 Å². The minimum Gasteiger partial charge on any atom is -0.349 e. The maximum absolute atomic E-state index is 12.9. The Morgan fingerprint density at radius 2 is 1.88 bits per heavy atom. The molecule has 32 heavy (non-hydrogen) atoms. The fraction of sp³-hybridized carbons (Fsp3) is 0.522. The largest absolute Gasteiger partial charge is 0.349 e. The van der Waals surface area contributed by atoms with Crippen molar-refractivity contribution in [2.45, 2.75) is 46.6 Å². The van der Waals surface area contributed by atoms with Crippen LogP contribution < -0.4 is 10.7 Å². The van der Waals surface area contributed by atoms with Gasteiger partial charge in [0.1, 0.15) is 5.69 Å². The van der Waals surface area contributed by atoms with Crippen molar-refractivity contribution in [1.82, 2.24) is 20.0 Å². The van der Waals surface area contributed by atoms with Gasteiger partial charge in [0.25, 0.3) is 11.6 Å². The third-order valence-electron chi connectivity index (χ3n) is 6.04. The van der Waals surface area contributed by atoms with Crippen molar-refractivity contribution in [3.63, 3.8) is 0 Å². The van der Waals surface area contributed by atoms with E-state index in [2.05, 4.69) is 43.0 Å². The molecular formula is C23H31N5O4. The van der Waals surface area contributed by atoms with Crippen LogP contribution in [0.25, 0.3) is 5.69 Å². The Bertz CT molecular complexity index is 1070. The van der Waals surface area contributed by atoms with E-state index < -0.39 is 16.3 Å². The van der Waals surface area contributed by atoms with E-state index in [0.717, 1.165) is 13.1 Å². The lowest BCUT2D eigenvalue weighted by atomic mass is 9.88. The van der Waals surface area contributed by atoms with Gasteiger partial charge in [-0.2, -0.15) is 5.10 Å². The second kappa shape index (κ2) is 9.20. The molecule has 1 saturated heterocycles. The van der Waals surface area contributed by atoms with E-state index in [0.29, 0.717) is 24.1 Å². The Hall–Kier alpha value is -3.07. The topological polar surface area (TPSA) is 110 Å². The van der Waals surface area contributed by atoms with Crippen molar-refractivity contribution < 1.29 is 9.72 Å². The molecule has 3 rings (SSSR count). The van der Waals surface area contributed by atoms with Gasteiger partial charge in [-0.3, -0.25) is 24.6 Å². The summed E-state index contributed by atoms with van der Waals surface area (Å²) in [5, 5.41) is 18.5. The number of hydrogen-bond acceptors (Lipinski definition) is 6. The van der Waals surface area contributed by atoms with E-state index in [-0.39, 0.29) is 22.6 Å². The summed E-state index contributed by atoms with van der Waals surface area (Å²) in [6, 6.07) is 7.36. The van der Waals surface area contributed by atoms with Crippen LogP contribution in [0.1, 0.15) is 50.3 Å². The predicted molar refractivity (Wildman–Crippen MR) is 122 cm³/mol. The molecule has 2 aromatic rings. The van der Waals surface area contributed by atoms with Crippen LogP contribution in [0.2, 0.25) is 0 Å². The van der Waals surface area contributed by atoms with Crippen LogP contribution in [0, 0.1) is 28.9 Å². The number of nitro benzene ring substituents is 1. The third-order valence-corrected chi connectivity index (χ3v) is 6.04. The maximum Gasteiger partial charge on any atom is 0.294 e. The van der Waals surface area contributed by atoms with Gasteiger partial charge in [-0.05, 0) is 45.1 Å². The lowest BCUT2D eigenvalue weighted by molar-refractivity contribution is -0.384. The van der Waals surface area contributed by atoms with E-state index in [1.54, 1.807) is 19.1 Å². The Labute approximate surface area is 187 Å². The van der Waals surface area contributed by atoms with Gasteiger partial charge in [0.05, 0.1) is 4.92 Å². The highest BCUT2D eigenvalue weighted by Gasteiger charge is 2.33. The lowest BCUT2D eigenvalue weighted by Crippen LogP contribution is -2.56. The second-order valence-corrected chi connectivity index (χ2v) is 9.50. The molecule has 1 aliphatic heterocycles. The highest BCUT2D eigenvalue weighted by Crippen LogP contribution is 2.27. The van der Waals surface area contributed by atoms with Gasteiger partial charge in [0, 0.05) is 43.0 Å². The summed E-state index contributed by atoms with van der Waals surface area (Å²) in [6.45, 7) is 12.5. The van der Waals surface area contributed by atoms with E-state index >= 15 is 0 Å². The number of aryl methyl sites for hydroxylation is 1. The maximum atomic E-state index is 12.9. The third kappa shape index (κ3) is 5.04. The Kier molecular flexibility index (Phi) is 6.78. The van der Waals surface area contributed by atoms with Crippen molar-refractivity contribution >= 4 is 11.6 Å². The molecule has 0 radical (unpaired) electrons. The number of rotatable bonds is 6. The van der Waals surface area contributed by atoms with E-state index in [9.17, 15) is 19.7 Å². The number of amides is 1.